The summed E-state index contributed by atoms with van der Waals surface area (Å²) < 4.78 is 6.46. The normalized spacial score (nSPS) is 25.1. The highest BCUT2D eigenvalue weighted by Crippen LogP contribution is 2.59. The van der Waals surface area contributed by atoms with E-state index in [4.69, 9.17) is 16.3 Å². The van der Waals surface area contributed by atoms with Crippen LogP contribution in [-0.2, 0) is 16.1 Å². The fourth-order valence-corrected chi connectivity index (χ4v) is 10.9. The van der Waals surface area contributed by atoms with Crippen LogP contribution in [0.3, 0.4) is 0 Å². The summed E-state index contributed by atoms with van der Waals surface area (Å²) in [5.41, 5.74) is 3.31. The van der Waals surface area contributed by atoms with Gasteiger partial charge in [0.1, 0.15) is 29.7 Å². The minimum Gasteiger partial charge on any atom is -0.489 e. The number of nitrogens with one attached hydrogen (secondary N) is 1. The number of carbonyl (C=O) groups excluding carboxylic acids is 5. The molecule has 1 unspecified atom stereocenters. The van der Waals surface area contributed by atoms with Gasteiger partial charge in [-0.3, -0.25) is 39.1 Å². The van der Waals surface area contributed by atoms with Gasteiger partial charge in [0.15, 0.2) is 0 Å². The number of ether oxygens (including phenoxy) is 1. The van der Waals surface area contributed by atoms with Crippen molar-refractivity contribution in [2.45, 2.75) is 84.2 Å². The van der Waals surface area contributed by atoms with E-state index in [2.05, 4.69) is 65.7 Å². The van der Waals surface area contributed by atoms with Gasteiger partial charge in [-0.1, -0.05) is 45.2 Å². The predicted octanol–water partition coefficient (Wildman–Crippen LogP) is 4.80. The maximum absolute atomic E-state index is 13.8. The zero-order valence-electron chi connectivity index (χ0n) is 33.4. The van der Waals surface area contributed by atoms with Gasteiger partial charge < -0.3 is 14.5 Å². The number of pyridine rings is 1. The fraction of sp³-hybridized carbons (Fsp3) is 0.444. The van der Waals surface area contributed by atoms with E-state index in [9.17, 15) is 29.2 Å². The zero-order valence-corrected chi connectivity index (χ0v) is 34.1. The Morgan fingerprint density at radius 3 is 2.31 bits per heavy atom. The number of halogens is 1. The molecule has 1 aliphatic carbocycles. The van der Waals surface area contributed by atoms with Crippen LogP contribution in [0.15, 0.2) is 48.7 Å². The van der Waals surface area contributed by atoms with Crippen molar-refractivity contribution in [3.63, 3.8) is 0 Å². The van der Waals surface area contributed by atoms with Gasteiger partial charge >= 0.3 is 0 Å². The lowest BCUT2D eigenvalue weighted by Crippen LogP contribution is -2.74. The van der Waals surface area contributed by atoms with E-state index in [0.717, 1.165) is 55.2 Å². The number of carbonyl (C=O) groups is 5. The molecule has 1 N–H and O–H groups in total. The minimum atomic E-state index is -0.983. The molecule has 1 saturated carbocycles. The molecule has 9 rings (SSSR count). The van der Waals surface area contributed by atoms with E-state index in [1.807, 2.05) is 17.0 Å². The predicted molar refractivity (Wildman–Crippen MR) is 216 cm³/mol. The van der Waals surface area contributed by atoms with E-state index >= 15 is 0 Å². The molecule has 59 heavy (non-hydrogen) atoms. The second-order valence-electron chi connectivity index (χ2n) is 17.8. The van der Waals surface area contributed by atoms with E-state index in [1.54, 1.807) is 36.5 Å². The first-order chi connectivity index (χ1) is 28.1. The van der Waals surface area contributed by atoms with Gasteiger partial charge in [0.2, 0.25) is 11.8 Å². The van der Waals surface area contributed by atoms with E-state index in [1.165, 1.54) is 0 Å². The lowest BCUT2D eigenvalue weighted by atomic mass is 9.49. The summed E-state index contributed by atoms with van der Waals surface area (Å²) in [7, 11) is 0. The number of imide groups is 2. The first-order valence-corrected chi connectivity index (χ1v) is 20.6. The number of benzene rings is 2. The van der Waals surface area contributed by atoms with Gasteiger partial charge in [-0.15, -0.1) is 0 Å². The summed E-state index contributed by atoms with van der Waals surface area (Å²) in [6, 6.07) is 13.7. The van der Waals surface area contributed by atoms with Crippen molar-refractivity contribution in [3.8, 4) is 23.7 Å². The van der Waals surface area contributed by atoms with Crippen LogP contribution >= 0.6 is 11.6 Å². The third kappa shape index (κ3) is 6.43. The highest BCUT2D eigenvalue weighted by atomic mass is 35.5. The van der Waals surface area contributed by atoms with Crippen LogP contribution in [0, 0.1) is 39.9 Å². The molecule has 0 bridgehead atoms. The number of likely N-dealkylation sites (tertiary alicyclic amines) is 1. The van der Waals surface area contributed by atoms with Crippen LogP contribution in [0.2, 0.25) is 5.02 Å². The van der Waals surface area contributed by atoms with Crippen molar-refractivity contribution in [1.82, 2.24) is 25.0 Å². The number of nitrogens with zero attached hydrogens (tertiary/aromatic N) is 6. The van der Waals surface area contributed by atoms with Crippen molar-refractivity contribution < 1.29 is 28.7 Å². The number of anilines is 1. The van der Waals surface area contributed by atoms with Gasteiger partial charge in [-0.25, -0.2) is 4.98 Å². The summed E-state index contributed by atoms with van der Waals surface area (Å²) in [4.78, 5) is 76.5. The Balaban J connectivity index is 0.777. The average Bonchev–Trinajstić information content (AvgIpc) is 3.62. The van der Waals surface area contributed by atoms with E-state index in [-0.39, 0.29) is 53.2 Å². The summed E-state index contributed by atoms with van der Waals surface area (Å²) in [6.45, 7) is 12.4. The second kappa shape index (κ2) is 14.2. The number of nitriles is 1. The zero-order chi connectivity index (χ0) is 41.5. The molecule has 4 fully saturated rings. The Morgan fingerprint density at radius 2 is 1.61 bits per heavy atom. The maximum atomic E-state index is 13.8. The Hall–Kier alpha value is -5.76. The molecule has 5 aliphatic heterocycles. The van der Waals surface area contributed by atoms with Crippen LogP contribution in [0.4, 0.5) is 5.69 Å². The van der Waals surface area contributed by atoms with Crippen molar-refractivity contribution in [2.75, 3.05) is 31.1 Å². The topological polar surface area (TPSA) is 156 Å². The quantitative estimate of drug-likeness (QED) is 0.271. The number of fused-ring (bicyclic) bond motifs is 2. The standard InChI is InChI=1S/C45H44ClN7O6/c1-44(2)42(45(3,4)43(44)59-31-9-6-26(20-47)35(46)19-31)52-22-27-17-28(48-21-34(27)39(52)56)7-5-25-13-15-50(16-14-25)30-23-51(24-30)29-8-10-32-33(18-29)41(58)53(40(32)57)36-11-12-37(54)49-38(36)55/h6,8-10,17-19,21,25,30,36,42-43H,11-16,22-24H2,1-4H3,(H,49,54,55)/t36?,42-,43-. The highest BCUT2D eigenvalue weighted by Gasteiger charge is 2.67. The molecule has 2 aromatic carbocycles. The minimum absolute atomic E-state index is 0.0313. The maximum Gasteiger partial charge on any atom is 0.262 e. The van der Waals surface area contributed by atoms with Crippen molar-refractivity contribution in [1.29, 1.82) is 5.26 Å². The number of hydrogen-bond acceptors (Lipinski definition) is 10. The lowest BCUT2D eigenvalue weighted by Gasteiger charge is -2.65. The van der Waals surface area contributed by atoms with Gasteiger partial charge in [0.25, 0.3) is 17.7 Å². The highest BCUT2D eigenvalue weighted by molar-refractivity contribution is 6.31. The number of aromatic nitrogens is 1. The van der Waals surface area contributed by atoms with Crippen LogP contribution < -0.4 is 15.0 Å². The van der Waals surface area contributed by atoms with Crippen molar-refractivity contribution >= 4 is 46.8 Å². The first kappa shape index (κ1) is 38.7. The molecule has 6 heterocycles. The third-order valence-corrected chi connectivity index (χ3v) is 13.6. The first-order valence-electron chi connectivity index (χ1n) is 20.2. The van der Waals surface area contributed by atoms with E-state index in [0.29, 0.717) is 45.7 Å². The SMILES string of the molecule is CC1(C)[C@H](Oc2ccc(C#N)c(Cl)c2)C(C)(C)[C@H]1N1Cc2cc(C#CC3CCN(C4CN(c5ccc6c(c5)C(=O)N(C5CCC(=O)NC5=O)C6=O)C4)CC3)ncc2C1=O. The molecule has 5 amide bonds. The molecule has 302 valence electrons. The molecule has 14 heteroatoms. The molecule has 6 aliphatic rings. The Bertz CT molecular complexity index is 2440. The summed E-state index contributed by atoms with van der Waals surface area (Å²) in [6.07, 6.45) is 3.57. The van der Waals surface area contributed by atoms with Crippen LogP contribution in [0.5, 0.6) is 5.75 Å². The summed E-state index contributed by atoms with van der Waals surface area (Å²) >= 11 is 6.29. The third-order valence-electron chi connectivity index (χ3n) is 13.3. The van der Waals surface area contributed by atoms with Crippen molar-refractivity contribution in [3.05, 3.63) is 87.2 Å². The molecule has 3 aromatic rings. The van der Waals surface area contributed by atoms with Crippen LogP contribution in [-0.4, -0.2) is 99.6 Å². The molecular formula is C45H44ClN7O6. The average molecular weight is 814 g/mol. The number of rotatable bonds is 6. The molecule has 1 atom stereocenters. The molecule has 1 aromatic heterocycles. The Labute approximate surface area is 347 Å². The monoisotopic (exact) mass is 813 g/mol. The summed E-state index contributed by atoms with van der Waals surface area (Å²) in [5, 5.41) is 11.8. The molecule has 3 saturated heterocycles. The number of piperidine rings is 2. The Morgan fingerprint density at radius 1 is 0.881 bits per heavy atom. The molecule has 13 nitrogen and oxygen atoms in total. The largest absolute Gasteiger partial charge is 0.489 e. The molecule has 0 spiro atoms. The second-order valence-corrected chi connectivity index (χ2v) is 18.2. The smallest absolute Gasteiger partial charge is 0.262 e. The van der Waals surface area contributed by atoms with Gasteiger partial charge in [-0.05, 0) is 80.2 Å². The summed E-state index contributed by atoms with van der Waals surface area (Å²) in [5.74, 6) is 5.55. The van der Waals surface area contributed by atoms with Gasteiger partial charge in [0, 0.05) is 72.8 Å². The number of amides is 5. The molecule has 0 radical (unpaired) electrons. The fourth-order valence-electron chi connectivity index (χ4n) is 10.7. The number of hydrogen-bond donors (Lipinski definition) is 1. The van der Waals surface area contributed by atoms with E-state index < -0.39 is 29.7 Å². The van der Waals surface area contributed by atoms with Crippen LogP contribution in [0.25, 0.3) is 0 Å². The van der Waals surface area contributed by atoms with Gasteiger partial charge in [0.05, 0.1) is 27.3 Å². The van der Waals surface area contributed by atoms with Gasteiger partial charge in [-0.2, -0.15) is 5.26 Å². The Kier molecular flexibility index (Phi) is 9.33. The lowest BCUT2D eigenvalue weighted by molar-refractivity contribution is -0.199. The van der Waals surface area contributed by atoms with Crippen LogP contribution in [0.1, 0.15) is 101 Å². The molecular weight excluding hydrogens is 770 g/mol. The van der Waals surface area contributed by atoms with Crippen molar-refractivity contribution in [2.24, 2.45) is 16.7 Å².